The van der Waals surface area contributed by atoms with Crippen molar-refractivity contribution in [3.8, 4) is 0 Å². The average molecular weight is 238 g/mol. The predicted molar refractivity (Wildman–Crippen MR) is 54.9 cm³/mol. The fourth-order valence-corrected chi connectivity index (χ4v) is 1.30. The van der Waals surface area contributed by atoms with Gasteiger partial charge in [-0.05, 0) is 35.7 Å². The molecule has 0 spiro atoms. The summed E-state index contributed by atoms with van der Waals surface area (Å²) in [4.78, 5) is 20.8. The molecule has 0 bridgehead atoms. The van der Waals surface area contributed by atoms with E-state index in [1.807, 2.05) is 0 Å². The van der Waals surface area contributed by atoms with Crippen LogP contribution in [0.1, 0.15) is 13.8 Å². The Morgan fingerprint density at radius 3 is 1.43 bits per heavy atom. The maximum atomic E-state index is 12.6. The first-order chi connectivity index (χ1) is 6.41. The minimum Gasteiger partial charge on any atom is -0.287 e. The van der Waals surface area contributed by atoms with Gasteiger partial charge < -0.3 is 0 Å². The number of carbonyl (C=O) groups is 2. The third-order valence-electron chi connectivity index (χ3n) is 0.828. The zero-order chi connectivity index (χ0) is 11.1. The molecule has 0 aromatic heterocycles. The van der Waals surface area contributed by atoms with Crippen molar-refractivity contribution in [3.05, 3.63) is 22.5 Å². The van der Waals surface area contributed by atoms with Crippen LogP contribution in [-0.2, 0) is 9.59 Å². The summed E-state index contributed by atoms with van der Waals surface area (Å²) in [7, 11) is 0. The molecule has 0 aliphatic carbocycles. The Labute approximate surface area is 88.8 Å². The molecule has 0 amide bonds. The molecular weight excluding hydrogens is 230 g/mol. The van der Waals surface area contributed by atoms with Gasteiger partial charge in [0.05, 0.1) is 0 Å². The second-order valence-electron chi connectivity index (χ2n) is 2.13. The fourth-order valence-electron chi connectivity index (χ4n) is 0.474. The normalized spacial score (nSPS) is 12.9. The Hall–Kier alpha value is -0.620. The lowest BCUT2D eigenvalue weighted by Gasteiger charge is -1.90. The van der Waals surface area contributed by atoms with E-state index < -0.39 is 20.5 Å². The second-order valence-corrected chi connectivity index (χ2v) is 4.47. The molecule has 0 unspecified atom stereocenters. The standard InChI is InChI=1S/C8H8F2O2S2/c1-5(11)13-7(9)3-4-8(10)14-6(2)12/h3-4H,1-2H3/b7-3-,8-4-. The summed E-state index contributed by atoms with van der Waals surface area (Å²) in [5, 5.41) is -2.47. The molecule has 0 N–H and O–H groups in total. The van der Waals surface area contributed by atoms with Crippen LogP contribution in [0, 0.1) is 0 Å². The Bertz CT molecular complexity index is 268. The first-order valence-electron chi connectivity index (χ1n) is 3.51. The van der Waals surface area contributed by atoms with E-state index in [2.05, 4.69) is 0 Å². The summed E-state index contributed by atoms with van der Waals surface area (Å²) in [6.07, 6.45) is 1.61. The fraction of sp³-hybridized carbons (Fsp3) is 0.250. The smallest absolute Gasteiger partial charge is 0.192 e. The summed E-state index contributed by atoms with van der Waals surface area (Å²) >= 11 is 0.731. The highest BCUT2D eigenvalue weighted by molar-refractivity contribution is 8.17. The van der Waals surface area contributed by atoms with Gasteiger partial charge in [-0.25, -0.2) is 0 Å². The minimum absolute atomic E-state index is 0.365. The third-order valence-corrected chi connectivity index (χ3v) is 2.06. The highest BCUT2D eigenvalue weighted by Crippen LogP contribution is 2.21. The molecule has 0 saturated heterocycles. The summed E-state index contributed by atoms with van der Waals surface area (Å²) in [5.74, 6) is 0. The Balaban J connectivity index is 4.23. The van der Waals surface area contributed by atoms with Gasteiger partial charge in [0.15, 0.2) is 20.5 Å². The number of hydrogen-bond donors (Lipinski definition) is 0. The van der Waals surface area contributed by atoms with Crippen LogP contribution in [0.5, 0.6) is 0 Å². The van der Waals surface area contributed by atoms with Gasteiger partial charge in [-0.15, -0.1) is 0 Å². The maximum absolute atomic E-state index is 12.6. The predicted octanol–water partition coefficient (Wildman–Crippen LogP) is 3.17. The highest BCUT2D eigenvalue weighted by Gasteiger charge is 2.01. The van der Waals surface area contributed by atoms with Crippen molar-refractivity contribution in [2.24, 2.45) is 0 Å². The number of rotatable bonds is 3. The third kappa shape index (κ3) is 8.00. The first kappa shape index (κ1) is 13.4. The van der Waals surface area contributed by atoms with Crippen LogP contribution in [-0.4, -0.2) is 10.2 Å². The SMILES string of the molecule is CC(=O)S/C(F)=C\C=C(\F)SC(C)=O. The zero-order valence-electron chi connectivity index (χ0n) is 7.54. The van der Waals surface area contributed by atoms with Crippen LogP contribution < -0.4 is 0 Å². The van der Waals surface area contributed by atoms with Crippen LogP contribution in [0.15, 0.2) is 22.5 Å². The molecule has 0 aliphatic heterocycles. The topological polar surface area (TPSA) is 34.1 Å². The maximum Gasteiger partial charge on any atom is 0.192 e. The molecule has 0 heterocycles. The molecule has 2 nitrogen and oxygen atoms in total. The second kappa shape index (κ2) is 6.78. The lowest BCUT2D eigenvalue weighted by molar-refractivity contribution is -0.109. The van der Waals surface area contributed by atoms with Crippen molar-refractivity contribution in [1.29, 1.82) is 0 Å². The molecule has 0 rings (SSSR count). The molecule has 0 aromatic rings. The Kier molecular flexibility index (Phi) is 6.48. The molecule has 0 saturated carbocycles. The lowest BCUT2D eigenvalue weighted by Crippen LogP contribution is -1.80. The van der Waals surface area contributed by atoms with Gasteiger partial charge >= 0.3 is 0 Å². The van der Waals surface area contributed by atoms with Crippen molar-refractivity contribution in [2.75, 3.05) is 0 Å². The van der Waals surface area contributed by atoms with E-state index in [1.165, 1.54) is 13.8 Å². The van der Waals surface area contributed by atoms with Crippen molar-refractivity contribution in [1.82, 2.24) is 0 Å². The zero-order valence-corrected chi connectivity index (χ0v) is 9.18. The van der Waals surface area contributed by atoms with Gasteiger partial charge in [0, 0.05) is 13.8 Å². The van der Waals surface area contributed by atoms with E-state index in [0.29, 0.717) is 23.5 Å². The average Bonchev–Trinajstić information content (AvgIpc) is 1.98. The van der Waals surface area contributed by atoms with E-state index in [0.717, 1.165) is 12.2 Å². The van der Waals surface area contributed by atoms with E-state index in [1.54, 1.807) is 0 Å². The largest absolute Gasteiger partial charge is 0.287 e. The number of halogens is 2. The van der Waals surface area contributed by atoms with Gasteiger partial charge in [0.2, 0.25) is 0 Å². The number of carbonyl (C=O) groups excluding carboxylic acids is 2. The summed E-state index contributed by atoms with van der Waals surface area (Å²) in [5.41, 5.74) is 0. The van der Waals surface area contributed by atoms with Gasteiger partial charge in [-0.1, -0.05) is 0 Å². The van der Waals surface area contributed by atoms with E-state index in [-0.39, 0.29) is 0 Å². The van der Waals surface area contributed by atoms with Crippen molar-refractivity contribution in [3.63, 3.8) is 0 Å². The quantitative estimate of drug-likeness (QED) is 0.707. The number of thioether (sulfide) groups is 2. The highest BCUT2D eigenvalue weighted by atomic mass is 32.2. The van der Waals surface area contributed by atoms with Crippen LogP contribution >= 0.6 is 23.5 Å². The molecule has 78 valence electrons. The van der Waals surface area contributed by atoms with Crippen LogP contribution in [0.25, 0.3) is 0 Å². The Morgan fingerprint density at radius 1 is 0.929 bits per heavy atom. The molecule has 0 radical (unpaired) electrons. The van der Waals surface area contributed by atoms with Crippen molar-refractivity contribution in [2.45, 2.75) is 13.8 Å². The molecule has 0 atom stereocenters. The lowest BCUT2D eigenvalue weighted by atomic mass is 10.6. The number of hydrogen-bond acceptors (Lipinski definition) is 4. The van der Waals surface area contributed by atoms with Gasteiger partial charge in [-0.2, -0.15) is 8.78 Å². The summed E-state index contributed by atoms with van der Waals surface area (Å²) in [6.45, 7) is 2.39. The Morgan fingerprint density at radius 2 is 1.21 bits per heavy atom. The molecule has 0 aliphatic rings. The van der Waals surface area contributed by atoms with E-state index in [9.17, 15) is 18.4 Å². The molecular formula is C8H8F2O2S2. The molecule has 0 aromatic carbocycles. The first-order valence-corrected chi connectivity index (χ1v) is 5.15. The van der Waals surface area contributed by atoms with Crippen LogP contribution in [0.3, 0.4) is 0 Å². The summed E-state index contributed by atoms with van der Waals surface area (Å²) in [6, 6.07) is 0. The van der Waals surface area contributed by atoms with Crippen LogP contribution in [0.2, 0.25) is 0 Å². The van der Waals surface area contributed by atoms with Crippen molar-refractivity contribution >= 4 is 33.8 Å². The molecule has 0 fully saturated rings. The monoisotopic (exact) mass is 238 g/mol. The van der Waals surface area contributed by atoms with Gasteiger partial charge in [0.25, 0.3) is 0 Å². The number of allylic oxidation sites excluding steroid dienone is 2. The van der Waals surface area contributed by atoms with Crippen molar-refractivity contribution < 1.29 is 18.4 Å². The minimum atomic E-state index is -0.809. The van der Waals surface area contributed by atoms with E-state index >= 15 is 0 Å². The summed E-state index contributed by atoms with van der Waals surface area (Å²) < 4.78 is 25.3. The van der Waals surface area contributed by atoms with Gasteiger partial charge in [0.1, 0.15) is 0 Å². The van der Waals surface area contributed by atoms with E-state index in [4.69, 9.17) is 0 Å². The molecule has 6 heteroatoms. The molecule has 14 heavy (non-hydrogen) atoms. The van der Waals surface area contributed by atoms with Crippen LogP contribution in [0.4, 0.5) is 8.78 Å². The van der Waals surface area contributed by atoms with Gasteiger partial charge in [-0.3, -0.25) is 9.59 Å².